The van der Waals surface area contributed by atoms with Crippen molar-refractivity contribution in [3.8, 4) is 5.75 Å². The second-order valence-electron chi connectivity index (χ2n) is 5.38. The summed E-state index contributed by atoms with van der Waals surface area (Å²) in [6.45, 7) is 2.55. The van der Waals surface area contributed by atoms with Crippen molar-refractivity contribution < 1.29 is 27.4 Å². The molecule has 1 aromatic rings. The lowest BCUT2D eigenvalue weighted by molar-refractivity contribution is -0.140. The van der Waals surface area contributed by atoms with E-state index in [2.05, 4.69) is 20.4 Å². The Balaban J connectivity index is 0.00000676. The minimum Gasteiger partial charge on any atom is -0.489 e. The maximum Gasteiger partial charge on any atom is 0.416 e. The van der Waals surface area contributed by atoms with Crippen molar-refractivity contribution in [1.29, 1.82) is 0 Å². The van der Waals surface area contributed by atoms with Gasteiger partial charge < -0.3 is 20.1 Å². The smallest absolute Gasteiger partial charge is 0.416 e. The SMILES string of the molecule is CCC(CNC(=NC)NCCC(=O)OC)Oc1cccc(C(F)(F)F)c1.I. The summed E-state index contributed by atoms with van der Waals surface area (Å²) in [6, 6.07) is 4.78. The molecule has 0 aliphatic heterocycles. The van der Waals surface area contributed by atoms with E-state index in [1.807, 2.05) is 6.92 Å². The number of benzene rings is 1. The predicted molar refractivity (Wildman–Crippen MR) is 108 cm³/mol. The van der Waals surface area contributed by atoms with Crippen molar-refractivity contribution in [2.45, 2.75) is 32.0 Å². The maximum atomic E-state index is 12.8. The number of esters is 1. The number of aliphatic imine (C=N–C) groups is 1. The number of carbonyl (C=O) groups excluding carboxylic acids is 1. The van der Waals surface area contributed by atoms with E-state index in [0.29, 0.717) is 25.5 Å². The molecule has 0 spiro atoms. The number of carbonyl (C=O) groups is 1. The Morgan fingerprint density at radius 2 is 2.00 bits per heavy atom. The van der Waals surface area contributed by atoms with Gasteiger partial charge in [-0.15, -0.1) is 24.0 Å². The van der Waals surface area contributed by atoms with Gasteiger partial charge in [0.2, 0.25) is 0 Å². The largest absolute Gasteiger partial charge is 0.489 e. The standard InChI is InChI=1S/C17H24F3N3O3.HI/c1-4-13(11-23-16(21-2)22-9-8-15(24)25-3)26-14-7-5-6-12(10-14)17(18,19)20;/h5-7,10,13H,4,8-9,11H2,1-3H3,(H2,21,22,23);1H. The van der Waals surface area contributed by atoms with Crippen molar-refractivity contribution in [2.75, 3.05) is 27.2 Å². The molecule has 0 bridgehead atoms. The zero-order valence-electron chi connectivity index (χ0n) is 15.4. The van der Waals surface area contributed by atoms with E-state index < -0.39 is 11.7 Å². The summed E-state index contributed by atoms with van der Waals surface area (Å²) < 4.78 is 48.5. The third-order valence-electron chi connectivity index (χ3n) is 3.49. The first-order valence-electron chi connectivity index (χ1n) is 8.15. The molecule has 6 nitrogen and oxygen atoms in total. The lowest BCUT2D eigenvalue weighted by Gasteiger charge is -2.20. The molecular formula is C17H25F3IN3O3. The fourth-order valence-corrected chi connectivity index (χ4v) is 2.02. The highest BCUT2D eigenvalue weighted by Gasteiger charge is 2.30. The fourth-order valence-electron chi connectivity index (χ4n) is 2.02. The monoisotopic (exact) mass is 503 g/mol. The molecule has 1 rings (SSSR count). The highest BCUT2D eigenvalue weighted by molar-refractivity contribution is 14.0. The highest BCUT2D eigenvalue weighted by atomic mass is 127. The van der Waals surface area contributed by atoms with Crippen LogP contribution in [0.5, 0.6) is 5.75 Å². The maximum absolute atomic E-state index is 12.8. The molecule has 27 heavy (non-hydrogen) atoms. The molecule has 0 fully saturated rings. The Morgan fingerprint density at radius 1 is 1.30 bits per heavy atom. The zero-order valence-corrected chi connectivity index (χ0v) is 17.8. The van der Waals surface area contributed by atoms with Crippen molar-refractivity contribution >= 4 is 35.9 Å². The van der Waals surface area contributed by atoms with Gasteiger partial charge in [0.15, 0.2) is 5.96 Å². The van der Waals surface area contributed by atoms with Gasteiger partial charge in [-0.2, -0.15) is 13.2 Å². The zero-order chi connectivity index (χ0) is 19.6. The lowest BCUT2D eigenvalue weighted by atomic mass is 10.2. The minimum atomic E-state index is -4.41. The first kappa shape index (κ1) is 25.3. The van der Waals surface area contributed by atoms with Gasteiger partial charge >= 0.3 is 12.1 Å². The number of ether oxygens (including phenoxy) is 2. The van der Waals surface area contributed by atoms with Gasteiger partial charge in [0.05, 0.1) is 25.6 Å². The van der Waals surface area contributed by atoms with Gasteiger partial charge in [-0.3, -0.25) is 9.79 Å². The summed E-state index contributed by atoms with van der Waals surface area (Å²) >= 11 is 0. The normalized spacial score (nSPS) is 12.6. The summed E-state index contributed by atoms with van der Waals surface area (Å²) in [4.78, 5) is 15.1. The van der Waals surface area contributed by atoms with Crippen molar-refractivity contribution in [3.05, 3.63) is 29.8 Å². The third kappa shape index (κ3) is 9.68. The molecule has 1 aromatic carbocycles. The Kier molecular flexibility index (Phi) is 11.8. The Morgan fingerprint density at radius 3 is 2.56 bits per heavy atom. The van der Waals surface area contributed by atoms with Crippen molar-refractivity contribution in [2.24, 2.45) is 4.99 Å². The summed E-state index contributed by atoms with van der Waals surface area (Å²) in [5.41, 5.74) is -0.752. The van der Waals surface area contributed by atoms with Gasteiger partial charge in [0.25, 0.3) is 0 Å². The van der Waals surface area contributed by atoms with Crippen LogP contribution in [0.25, 0.3) is 0 Å². The average molecular weight is 503 g/mol. The molecule has 0 saturated heterocycles. The molecule has 0 amide bonds. The molecule has 154 valence electrons. The van der Waals surface area contributed by atoms with Crippen LogP contribution in [0.3, 0.4) is 0 Å². The van der Waals surface area contributed by atoms with Gasteiger partial charge in [-0.1, -0.05) is 13.0 Å². The fraction of sp³-hybridized carbons (Fsp3) is 0.529. The van der Waals surface area contributed by atoms with Crippen LogP contribution in [0.2, 0.25) is 0 Å². The molecule has 10 heteroatoms. The van der Waals surface area contributed by atoms with Crippen LogP contribution < -0.4 is 15.4 Å². The summed E-state index contributed by atoms with van der Waals surface area (Å²) in [5, 5.41) is 5.96. The van der Waals surface area contributed by atoms with E-state index in [1.165, 1.54) is 19.2 Å². The molecule has 0 aliphatic carbocycles. The molecule has 1 atom stereocenters. The number of rotatable bonds is 8. The van der Waals surface area contributed by atoms with Crippen LogP contribution in [0.15, 0.2) is 29.3 Å². The number of halogens is 4. The third-order valence-corrected chi connectivity index (χ3v) is 3.49. The van der Waals surface area contributed by atoms with E-state index in [1.54, 1.807) is 7.05 Å². The first-order valence-corrected chi connectivity index (χ1v) is 8.15. The topological polar surface area (TPSA) is 72.0 Å². The Bertz CT molecular complexity index is 613. The predicted octanol–water partition coefficient (Wildman–Crippen LogP) is 3.21. The molecule has 0 aromatic heterocycles. The number of hydrogen-bond donors (Lipinski definition) is 2. The van der Waals surface area contributed by atoms with Gasteiger partial charge in [-0.25, -0.2) is 0 Å². The van der Waals surface area contributed by atoms with Crippen LogP contribution in [-0.4, -0.2) is 45.3 Å². The van der Waals surface area contributed by atoms with Crippen LogP contribution in [0.4, 0.5) is 13.2 Å². The van der Waals surface area contributed by atoms with Crippen LogP contribution >= 0.6 is 24.0 Å². The number of hydrogen-bond acceptors (Lipinski definition) is 4. The minimum absolute atomic E-state index is 0. The summed E-state index contributed by atoms with van der Waals surface area (Å²) in [5.74, 6) is 0.273. The molecule has 1 unspecified atom stereocenters. The Labute approximate surface area is 173 Å². The van der Waals surface area contributed by atoms with Crippen molar-refractivity contribution in [3.63, 3.8) is 0 Å². The lowest BCUT2D eigenvalue weighted by Crippen LogP contribution is -2.43. The van der Waals surface area contributed by atoms with E-state index in [0.717, 1.165) is 12.1 Å². The summed E-state index contributed by atoms with van der Waals surface area (Å²) in [6.07, 6.45) is -3.99. The van der Waals surface area contributed by atoms with Crippen LogP contribution in [0.1, 0.15) is 25.3 Å². The van der Waals surface area contributed by atoms with E-state index >= 15 is 0 Å². The van der Waals surface area contributed by atoms with Gasteiger partial charge in [0.1, 0.15) is 11.9 Å². The number of nitrogens with zero attached hydrogens (tertiary/aromatic N) is 1. The first-order chi connectivity index (χ1) is 12.3. The molecule has 2 N–H and O–H groups in total. The molecule has 0 saturated carbocycles. The van der Waals surface area contributed by atoms with E-state index in [9.17, 15) is 18.0 Å². The number of guanidine groups is 1. The van der Waals surface area contributed by atoms with Gasteiger partial charge in [-0.05, 0) is 24.6 Å². The molecule has 0 radical (unpaired) electrons. The van der Waals surface area contributed by atoms with Crippen molar-refractivity contribution in [1.82, 2.24) is 10.6 Å². The highest BCUT2D eigenvalue weighted by Crippen LogP contribution is 2.31. The van der Waals surface area contributed by atoms with Crippen LogP contribution in [0, 0.1) is 0 Å². The number of methoxy groups -OCH3 is 1. The van der Waals surface area contributed by atoms with Gasteiger partial charge in [0, 0.05) is 13.6 Å². The second kappa shape index (κ2) is 12.6. The van der Waals surface area contributed by atoms with E-state index in [-0.39, 0.29) is 48.2 Å². The molecule has 0 heterocycles. The number of nitrogens with one attached hydrogen (secondary N) is 2. The molecular weight excluding hydrogens is 478 g/mol. The number of alkyl halides is 3. The Hall–Kier alpha value is -1.72. The van der Waals surface area contributed by atoms with Crippen LogP contribution in [-0.2, 0) is 15.7 Å². The molecule has 0 aliphatic rings. The second-order valence-corrected chi connectivity index (χ2v) is 5.38. The average Bonchev–Trinajstić information content (AvgIpc) is 2.62. The summed E-state index contributed by atoms with van der Waals surface area (Å²) in [7, 11) is 2.88. The quantitative estimate of drug-likeness (QED) is 0.247. The van der Waals surface area contributed by atoms with E-state index in [4.69, 9.17) is 4.74 Å².